The molecule has 222 valence electrons. The number of carbonyl (C=O) groups is 2. The molecule has 1 fully saturated rings. The molecule has 3 heterocycles. The van der Waals surface area contributed by atoms with Crippen molar-refractivity contribution >= 4 is 41.0 Å². The fraction of sp³-hybridized carbons (Fsp3) is 0.548. The van der Waals surface area contributed by atoms with Gasteiger partial charge in [0.05, 0.1) is 23.3 Å². The molecule has 2 amide bonds. The highest BCUT2D eigenvalue weighted by Crippen LogP contribution is 2.38. The molecule has 0 aliphatic carbocycles. The molecule has 1 saturated heterocycles. The van der Waals surface area contributed by atoms with Crippen LogP contribution in [0.4, 0.5) is 21.0 Å². The third-order valence-corrected chi connectivity index (χ3v) is 7.69. The molecular weight excluding hydrogens is 538 g/mol. The third kappa shape index (κ3) is 7.52. The molecule has 0 bridgehead atoms. The van der Waals surface area contributed by atoms with Crippen molar-refractivity contribution in [2.24, 2.45) is 0 Å². The van der Waals surface area contributed by atoms with Crippen LogP contribution in [-0.2, 0) is 9.47 Å². The fourth-order valence-electron chi connectivity index (χ4n) is 4.71. The van der Waals surface area contributed by atoms with Crippen LogP contribution < -0.4 is 4.90 Å². The first-order chi connectivity index (χ1) is 19.1. The lowest BCUT2D eigenvalue weighted by atomic mass is 10.1. The Labute approximate surface area is 247 Å². The Morgan fingerprint density at radius 3 is 2.37 bits per heavy atom. The molecule has 0 spiro atoms. The van der Waals surface area contributed by atoms with Gasteiger partial charge in [-0.3, -0.25) is 0 Å². The summed E-state index contributed by atoms with van der Waals surface area (Å²) >= 11 is 1.61. The van der Waals surface area contributed by atoms with Crippen LogP contribution in [0, 0.1) is 6.92 Å². The van der Waals surface area contributed by atoms with Crippen LogP contribution in [-0.4, -0.2) is 61.2 Å². The molecule has 10 heteroatoms. The number of para-hydroxylation sites is 1. The Kier molecular flexibility index (Phi) is 8.92. The summed E-state index contributed by atoms with van der Waals surface area (Å²) in [6.45, 7) is 18.6. The van der Waals surface area contributed by atoms with E-state index in [1.165, 1.54) is 0 Å². The second-order valence-electron chi connectivity index (χ2n) is 12.9. The SMILES string of the molecule is Cc1ccccc1N(C(=O)OC(C)(C)C)c1cc(SC2CCCN(C(=O)OC(C)(C)C)C2)nn2c(C(C)C)cnc12. The number of imidazole rings is 1. The molecule has 1 aliphatic rings. The van der Waals surface area contributed by atoms with Gasteiger partial charge in [0.25, 0.3) is 0 Å². The highest BCUT2D eigenvalue weighted by molar-refractivity contribution is 7.99. The number of hydrogen-bond donors (Lipinski definition) is 0. The van der Waals surface area contributed by atoms with Gasteiger partial charge in [0.2, 0.25) is 0 Å². The van der Waals surface area contributed by atoms with Gasteiger partial charge in [0, 0.05) is 24.4 Å². The van der Waals surface area contributed by atoms with Gasteiger partial charge >= 0.3 is 12.2 Å². The normalized spacial score (nSPS) is 16.2. The maximum absolute atomic E-state index is 13.8. The molecule has 3 aromatic rings. The summed E-state index contributed by atoms with van der Waals surface area (Å²) < 4.78 is 13.4. The van der Waals surface area contributed by atoms with E-state index >= 15 is 0 Å². The van der Waals surface area contributed by atoms with Crippen molar-refractivity contribution in [3.63, 3.8) is 0 Å². The molecule has 1 atom stereocenters. The summed E-state index contributed by atoms with van der Waals surface area (Å²) in [6, 6.07) is 9.65. The number of aryl methyl sites for hydroxylation is 1. The Bertz CT molecular complexity index is 1410. The molecule has 1 aromatic carbocycles. The number of carbonyl (C=O) groups excluding carboxylic acids is 2. The largest absolute Gasteiger partial charge is 0.444 e. The molecule has 0 radical (unpaired) electrons. The zero-order valence-electron chi connectivity index (χ0n) is 25.7. The summed E-state index contributed by atoms with van der Waals surface area (Å²) in [5.74, 6) is 0.163. The highest BCUT2D eigenvalue weighted by atomic mass is 32.2. The zero-order chi connectivity index (χ0) is 30.1. The Hall–Kier alpha value is -3.27. The van der Waals surface area contributed by atoms with Gasteiger partial charge in [0.1, 0.15) is 16.2 Å². The van der Waals surface area contributed by atoms with Gasteiger partial charge in [-0.05, 0) is 78.9 Å². The molecule has 2 aromatic heterocycles. The predicted octanol–water partition coefficient (Wildman–Crippen LogP) is 7.73. The Morgan fingerprint density at radius 1 is 1.05 bits per heavy atom. The molecule has 1 aliphatic heterocycles. The van der Waals surface area contributed by atoms with Gasteiger partial charge in [-0.1, -0.05) is 43.8 Å². The smallest absolute Gasteiger partial charge is 0.419 e. The molecule has 0 N–H and O–H groups in total. The van der Waals surface area contributed by atoms with Crippen molar-refractivity contribution in [1.29, 1.82) is 0 Å². The van der Waals surface area contributed by atoms with Gasteiger partial charge < -0.3 is 14.4 Å². The summed E-state index contributed by atoms with van der Waals surface area (Å²) in [5.41, 5.74) is 2.52. The predicted molar refractivity (Wildman–Crippen MR) is 163 cm³/mol. The third-order valence-electron chi connectivity index (χ3n) is 6.53. The quantitative estimate of drug-likeness (QED) is 0.305. The number of piperidine rings is 1. The van der Waals surface area contributed by atoms with E-state index in [0.29, 0.717) is 30.1 Å². The maximum Gasteiger partial charge on any atom is 0.419 e. The minimum atomic E-state index is -0.690. The van der Waals surface area contributed by atoms with Crippen molar-refractivity contribution in [3.05, 3.63) is 47.8 Å². The number of amides is 2. The highest BCUT2D eigenvalue weighted by Gasteiger charge is 2.32. The van der Waals surface area contributed by atoms with E-state index < -0.39 is 17.3 Å². The van der Waals surface area contributed by atoms with Crippen molar-refractivity contribution in [2.45, 2.75) is 103 Å². The number of thioether (sulfide) groups is 1. The number of aromatic nitrogens is 3. The van der Waals surface area contributed by atoms with E-state index in [1.54, 1.807) is 21.6 Å². The van der Waals surface area contributed by atoms with Crippen LogP contribution in [0.25, 0.3) is 5.65 Å². The topological polar surface area (TPSA) is 89.3 Å². The number of rotatable bonds is 5. The number of anilines is 2. The van der Waals surface area contributed by atoms with E-state index in [9.17, 15) is 9.59 Å². The monoisotopic (exact) mass is 581 g/mol. The van der Waals surface area contributed by atoms with Crippen molar-refractivity contribution < 1.29 is 19.1 Å². The minimum Gasteiger partial charge on any atom is -0.444 e. The zero-order valence-corrected chi connectivity index (χ0v) is 26.5. The minimum absolute atomic E-state index is 0.119. The number of benzene rings is 1. The number of ether oxygens (including phenoxy) is 2. The van der Waals surface area contributed by atoms with E-state index in [-0.39, 0.29) is 17.3 Å². The second-order valence-corrected chi connectivity index (χ2v) is 14.2. The summed E-state index contributed by atoms with van der Waals surface area (Å²) in [6.07, 6.45) is 2.86. The van der Waals surface area contributed by atoms with E-state index in [1.807, 2.05) is 89.5 Å². The van der Waals surface area contributed by atoms with Crippen LogP contribution in [0.15, 0.2) is 41.6 Å². The lowest BCUT2D eigenvalue weighted by Crippen LogP contribution is -2.43. The molecule has 4 rings (SSSR count). The van der Waals surface area contributed by atoms with Gasteiger partial charge in [-0.25, -0.2) is 24.0 Å². The lowest BCUT2D eigenvalue weighted by Gasteiger charge is -2.33. The average molecular weight is 582 g/mol. The molecule has 9 nitrogen and oxygen atoms in total. The number of hydrogen-bond acceptors (Lipinski definition) is 7. The Balaban J connectivity index is 1.78. The van der Waals surface area contributed by atoms with E-state index in [2.05, 4.69) is 13.8 Å². The first-order valence-electron chi connectivity index (χ1n) is 14.2. The summed E-state index contributed by atoms with van der Waals surface area (Å²) in [7, 11) is 0. The van der Waals surface area contributed by atoms with Gasteiger partial charge in [-0.2, -0.15) is 5.10 Å². The van der Waals surface area contributed by atoms with E-state index in [0.717, 1.165) is 29.1 Å². The van der Waals surface area contributed by atoms with Gasteiger partial charge in [0.15, 0.2) is 5.65 Å². The number of likely N-dealkylation sites (tertiary alicyclic amines) is 1. The van der Waals surface area contributed by atoms with Gasteiger partial charge in [-0.15, -0.1) is 0 Å². The number of fused-ring (bicyclic) bond motifs is 1. The van der Waals surface area contributed by atoms with Crippen LogP contribution in [0.2, 0.25) is 0 Å². The summed E-state index contributed by atoms with van der Waals surface area (Å²) in [5, 5.41) is 5.84. The second kappa shape index (κ2) is 11.9. The first-order valence-corrected chi connectivity index (χ1v) is 15.1. The molecule has 1 unspecified atom stereocenters. The van der Waals surface area contributed by atoms with Crippen molar-refractivity contribution in [2.75, 3.05) is 18.0 Å². The van der Waals surface area contributed by atoms with Crippen LogP contribution in [0.3, 0.4) is 0 Å². The first kappa shape index (κ1) is 30.7. The van der Waals surface area contributed by atoms with Crippen LogP contribution in [0.5, 0.6) is 0 Å². The molecule has 41 heavy (non-hydrogen) atoms. The standard InChI is InChI=1S/C31H43N5O4S/c1-20(2)25-18-32-27-24(35(29(38)40-31(7,8)9)23-15-11-10-13-21(23)3)17-26(33-36(25)27)41-22-14-12-16-34(19-22)28(37)39-30(4,5)6/h10-11,13,15,17-18,20,22H,12,14,16,19H2,1-9H3. The van der Waals surface area contributed by atoms with Crippen LogP contribution >= 0.6 is 11.8 Å². The molecule has 0 saturated carbocycles. The average Bonchev–Trinajstić information content (AvgIpc) is 3.28. The van der Waals surface area contributed by atoms with E-state index in [4.69, 9.17) is 19.6 Å². The Morgan fingerprint density at radius 2 is 1.73 bits per heavy atom. The maximum atomic E-state index is 13.8. The molecular formula is C31H43N5O4S. The summed E-state index contributed by atoms with van der Waals surface area (Å²) in [4.78, 5) is 34.7. The van der Waals surface area contributed by atoms with Crippen LogP contribution in [0.1, 0.15) is 85.4 Å². The fourth-order valence-corrected chi connectivity index (χ4v) is 5.90. The number of nitrogens with zero attached hydrogens (tertiary/aromatic N) is 5. The van der Waals surface area contributed by atoms with Crippen molar-refractivity contribution in [1.82, 2.24) is 19.5 Å². The lowest BCUT2D eigenvalue weighted by molar-refractivity contribution is 0.0220. The van der Waals surface area contributed by atoms with Crippen molar-refractivity contribution in [3.8, 4) is 0 Å².